The van der Waals surface area contributed by atoms with Crippen LogP contribution in [0, 0.1) is 9.85 Å². The first kappa shape index (κ1) is 8.00. The highest BCUT2D eigenvalue weighted by Crippen LogP contribution is 2.07. The third-order valence-corrected chi connectivity index (χ3v) is 2.06. The second kappa shape index (κ2) is 2.70. The molecular formula is C8H6N2O2S. The van der Waals surface area contributed by atoms with Gasteiger partial charge in [-0.15, -0.1) is 0 Å². The van der Waals surface area contributed by atoms with Crippen LogP contribution >= 0.6 is 12.2 Å². The second-order valence-electron chi connectivity index (χ2n) is 2.59. The van der Waals surface area contributed by atoms with Crippen molar-refractivity contribution in [1.29, 1.82) is 0 Å². The van der Waals surface area contributed by atoms with Gasteiger partial charge in [0.15, 0.2) is 5.52 Å². The van der Waals surface area contributed by atoms with E-state index in [9.17, 15) is 10.4 Å². The lowest BCUT2D eigenvalue weighted by atomic mass is 10.3. The Bertz CT molecular complexity index is 521. The fourth-order valence-corrected chi connectivity index (χ4v) is 1.37. The van der Waals surface area contributed by atoms with Crippen molar-refractivity contribution in [3.8, 4) is 0 Å². The summed E-state index contributed by atoms with van der Waals surface area (Å²) >= 11 is 4.76. The summed E-state index contributed by atoms with van der Waals surface area (Å²) in [5.74, 6) is 0. The fourth-order valence-electron chi connectivity index (χ4n) is 1.17. The van der Waals surface area contributed by atoms with E-state index >= 15 is 0 Å². The first-order chi connectivity index (χ1) is 6.20. The maximum Gasteiger partial charge on any atom is 0.243 e. The van der Waals surface area contributed by atoms with Crippen LogP contribution in [-0.2, 0) is 0 Å². The highest BCUT2D eigenvalue weighted by atomic mass is 32.1. The predicted molar refractivity (Wildman–Crippen MR) is 48.9 cm³/mol. The van der Waals surface area contributed by atoms with Gasteiger partial charge in [0.05, 0.1) is 0 Å². The van der Waals surface area contributed by atoms with Gasteiger partial charge in [-0.25, -0.2) is 0 Å². The van der Waals surface area contributed by atoms with E-state index in [0.717, 1.165) is 10.9 Å². The number of aromatic nitrogens is 2. The van der Waals surface area contributed by atoms with Gasteiger partial charge in [0, 0.05) is 6.07 Å². The minimum absolute atomic E-state index is 0.0914. The van der Waals surface area contributed by atoms with E-state index in [-0.39, 0.29) is 4.64 Å². The van der Waals surface area contributed by atoms with Gasteiger partial charge in [-0.2, -0.15) is 9.46 Å². The summed E-state index contributed by atoms with van der Waals surface area (Å²) in [5.41, 5.74) is 0.795. The molecule has 0 spiro atoms. The van der Waals surface area contributed by atoms with Gasteiger partial charge < -0.3 is 10.4 Å². The van der Waals surface area contributed by atoms with Gasteiger partial charge in [-0.1, -0.05) is 24.4 Å². The van der Waals surface area contributed by atoms with E-state index in [0.29, 0.717) is 15.8 Å². The molecule has 0 saturated heterocycles. The number of rotatable bonds is 0. The molecule has 0 aliphatic rings. The van der Waals surface area contributed by atoms with E-state index in [1.165, 1.54) is 0 Å². The van der Waals surface area contributed by atoms with Crippen LogP contribution in [0.4, 0.5) is 0 Å². The molecular weight excluding hydrogens is 188 g/mol. The molecule has 4 nitrogen and oxygen atoms in total. The molecule has 0 atom stereocenters. The molecule has 0 radical (unpaired) electrons. The van der Waals surface area contributed by atoms with Crippen LogP contribution in [0.25, 0.3) is 11.0 Å². The fraction of sp³-hybridized carbons (Fsp3) is 0. The number of hydrogen-bond donors (Lipinski definition) is 1. The molecule has 1 heterocycles. The number of fused-ring (bicyclic) bond motifs is 1. The van der Waals surface area contributed by atoms with E-state index in [1.54, 1.807) is 24.3 Å². The Morgan fingerprint density at radius 3 is 2.85 bits per heavy atom. The van der Waals surface area contributed by atoms with E-state index in [1.807, 2.05) is 0 Å². The van der Waals surface area contributed by atoms with Crippen LogP contribution in [-0.4, -0.2) is 9.94 Å². The Kier molecular flexibility index (Phi) is 1.66. The van der Waals surface area contributed by atoms with Crippen LogP contribution in [0.5, 0.6) is 0 Å². The molecule has 1 aromatic heterocycles. The normalized spacial score (nSPS) is 10.5. The number of nitrogens with zero attached hydrogens (tertiary/aromatic N) is 2. The first-order valence-electron chi connectivity index (χ1n) is 3.63. The van der Waals surface area contributed by atoms with Crippen LogP contribution < -0.4 is 4.73 Å². The van der Waals surface area contributed by atoms with Crippen molar-refractivity contribution in [3.05, 3.63) is 40.3 Å². The van der Waals surface area contributed by atoms with E-state index < -0.39 is 0 Å². The Hall–Kier alpha value is -1.62. The lowest BCUT2D eigenvalue weighted by Gasteiger charge is -2.03. The zero-order valence-electron chi connectivity index (χ0n) is 6.54. The van der Waals surface area contributed by atoms with Gasteiger partial charge >= 0.3 is 0 Å². The Morgan fingerprint density at radius 1 is 1.38 bits per heavy atom. The molecule has 0 bridgehead atoms. The van der Waals surface area contributed by atoms with Gasteiger partial charge in [0.1, 0.15) is 0 Å². The molecule has 2 aromatic rings. The Morgan fingerprint density at radius 2 is 2.08 bits per heavy atom. The highest BCUT2D eigenvalue weighted by molar-refractivity contribution is 7.71. The van der Waals surface area contributed by atoms with E-state index in [4.69, 9.17) is 12.2 Å². The third kappa shape index (κ3) is 1.13. The van der Waals surface area contributed by atoms with Crippen molar-refractivity contribution in [2.24, 2.45) is 0 Å². The van der Waals surface area contributed by atoms with Gasteiger partial charge in [0.2, 0.25) is 16.4 Å². The van der Waals surface area contributed by atoms with Crippen LogP contribution in [0.1, 0.15) is 0 Å². The van der Waals surface area contributed by atoms with Crippen molar-refractivity contribution < 1.29 is 9.94 Å². The monoisotopic (exact) mass is 194 g/mol. The zero-order valence-corrected chi connectivity index (χ0v) is 7.36. The smallest absolute Gasteiger partial charge is 0.243 e. The summed E-state index contributed by atoms with van der Waals surface area (Å²) in [7, 11) is 0. The molecule has 0 aliphatic heterocycles. The van der Waals surface area contributed by atoms with Crippen molar-refractivity contribution in [3.63, 3.8) is 0 Å². The average Bonchev–Trinajstić information content (AvgIpc) is 2.15. The topological polar surface area (TPSA) is 52.1 Å². The SMILES string of the molecule is [O-][n+]1cc(=S)n(O)c2ccccc21. The van der Waals surface area contributed by atoms with E-state index in [2.05, 4.69) is 0 Å². The predicted octanol–water partition coefficient (Wildman–Crippen LogP) is 1.24. The molecule has 66 valence electrons. The molecule has 0 saturated carbocycles. The standard InChI is InChI=1S/C8H6N2O2S/c11-9-5-8(13)10(12)7-4-2-1-3-6(7)9/h1-5,12H. The quantitative estimate of drug-likeness (QED) is 0.297. The largest absolute Gasteiger partial charge is 0.618 e. The first-order valence-corrected chi connectivity index (χ1v) is 4.04. The highest BCUT2D eigenvalue weighted by Gasteiger charge is 2.06. The Balaban J connectivity index is 3.06. The Labute approximate surface area is 78.8 Å². The summed E-state index contributed by atoms with van der Waals surface area (Å²) in [6.07, 6.45) is 1.15. The molecule has 13 heavy (non-hydrogen) atoms. The molecule has 5 heteroatoms. The zero-order chi connectivity index (χ0) is 9.42. The van der Waals surface area contributed by atoms with Crippen molar-refractivity contribution in [2.45, 2.75) is 0 Å². The molecule has 0 amide bonds. The van der Waals surface area contributed by atoms with Crippen molar-refractivity contribution in [1.82, 2.24) is 4.73 Å². The summed E-state index contributed by atoms with van der Waals surface area (Å²) in [6, 6.07) is 6.69. The summed E-state index contributed by atoms with van der Waals surface area (Å²) in [5, 5.41) is 20.7. The van der Waals surface area contributed by atoms with Crippen molar-refractivity contribution >= 4 is 23.3 Å². The maximum absolute atomic E-state index is 11.3. The molecule has 1 aromatic carbocycles. The van der Waals surface area contributed by atoms with Gasteiger partial charge in [-0.3, -0.25) is 0 Å². The lowest BCUT2D eigenvalue weighted by molar-refractivity contribution is -0.578. The second-order valence-corrected chi connectivity index (χ2v) is 3.01. The number of para-hydroxylation sites is 2. The molecule has 2 rings (SSSR count). The molecule has 0 fully saturated rings. The molecule has 1 N–H and O–H groups in total. The number of hydrogen-bond acceptors (Lipinski definition) is 3. The van der Waals surface area contributed by atoms with Crippen LogP contribution in [0.15, 0.2) is 30.5 Å². The minimum Gasteiger partial charge on any atom is -0.618 e. The van der Waals surface area contributed by atoms with Crippen LogP contribution in [0.3, 0.4) is 0 Å². The lowest BCUT2D eigenvalue weighted by Crippen LogP contribution is -2.28. The number of benzene rings is 1. The molecule has 0 unspecified atom stereocenters. The average molecular weight is 194 g/mol. The van der Waals surface area contributed by atoms with Crippen LogP contribution in [0.2, 0.25) is 0 Å². The third-order valence-electron chi connectivity index (χ3n) is 1.78. The molecule has 0 aliphatic carbocycles. The maximum atomic E-state index is 11.3. The van der Waals surface area contributed by atoms with Gasteiger partial charge in [-0.05, 0) is 6.07 Å². The summed E-state index contributed by atoms with van der Waals surface area (Å²) in [4.78, 5) is 0. The summed E-state index contributed by atoms with van der Waals surface area (Å²) < 4.78 is 1.55. The minimum atomic E-state index is 0.0914. The van der Waals surface area contributed by atoms with Gasteiger partial charge in [0.25, 0.3) is 0 Å². The van der Waals surface area contributed by atoms with Crippen molar-refractivity contribution in [2.75, 3.05) is 0 Å². The summed E-state index contributed by atoms with van der Waals surface area (Å²) in [6.45, 7) is 0.